The van der Waals surface area contributed by atoms with Gasteiger partial charge in [-0.3, -0.25) is 9.59 Å². The molecular formula is C43H66O16. The molecule has 0 radical (unpaired) electrons. The molecule has 1 spiro atoms. The van der Waals surface area contributed by atoms with Crippen molar-refractivity contribution in [2.45, 2.75) is 185 Å². The van der Waals surface area contributed by atoms with Gasteiger partial charge in [0.1, 0.15) is 59.3 Å². The van der Waals surface area contributed by atoms with Crippen LogP contribution in [0.25, 0.3) is 0 Å². The molecule has 8 N–H and O–H groups in total. The lowest BCUT2D eigenvalue weighted by Crippen LogP contribution is -2.68. The van der Waals surface area contributed by atoms with Gasteiger partial charge < -0.3 is 69.3 Å². The summed E-state index contributed by atoms with van der Waals surface area (Å²) < 4.78 is 35.1. The largest absolute Gasteiger partial charge is 0.460 e. The summed E-state index contributed by atoms with van der Waals surface area (Å²) in [6.07, 6.45) is -6.22. The van der Waals surface area contributed by atoms with Crippen molar-refractivity contribution in [3.8, 4) is 0 Å². The van der Waals surface area contributed by atoms with Crippen molar-refractivity contribution >= 4 is 11.9 Å². The molecule has 0 aromatic carbocycles. The van der Waals surface area contributed by atoms with Gasteiger partial charge in [-0.25, -0.2) is 0 Å². The second-order valence-electron chi connectivity index (χ2n) is 20.3. The number of ether oxygens (including phenoxy) is 6. The molecule has 3 saturated carbocycles. The molecule has 4 aliphatic carbocycles. The van der Waals surface area contributed by atoms with Crippen LogP contribution >= 0.6 is 0 Å². The Morgan fingerprint density at radius 1 is 0.915 bits per heavy atom. The minimum atomic E-state index is -1.73. The molecule has 3 aliphatic heterocycles. The topological polar surface area (TPSA) is 251 Å². The molecule has 7 aliphatic rings. The lowest BCUT2D eigenvalue weighted by Gasteiger charge is -2.64. The fraction of sp³-hybridized carbons (Fsp3) is 0.860. The second-order valence-corrected chi connectivity index (χ2v) is 20.3. The van der Waals surface area contributed by atoms with Gasteiger partial charge in [-0.1, -0.05) is 45.4 Å². The number of cyclic esters (lactones) is 1. The summed E-state index contributed by atoms with van der Waals surface area (Å²) in [7, 11) is 0. The van der Waals surface area contributed by atoms with Crippen LogP contribution in [0.1, 0.15) is 100 Å². The summed E-state index contributed by atoms with van der Waals surface area (Å²) in [6, 6.07) is 0. The molecule has 334 valence electrons. The highest BCUT2D eigenvalue weighted by atomic mass is 16.7. The monoisotopic (exact) mass is 838 g/mol. The molecule has 16 nitrogen and oxygen atoms in total. The van der Waals surface area contributed by atoms with Crippen molar-refractivity contribution in [2.24, 2.45) is 33.5 Å². The van der Waals surface area contributed by atoms with Gasteiger partial charge in [-0.2, -0.15) is 0 Å². The molecule has 0 bridgehead atoms. The third-order valence-corrected chi connectivity index (χ3v) is 16.1. The minimum absolute atomic E-state index is 0.00721. The van der Waals surface area contributed by atoms with Gasteiger partial charge >= 0.3 is 11.9 Å². The van der Waals surface area contributed by atoms with Crippen LogP contribution in [0.2, 0.25) is 0 Å². The van der Waals surface area contributed by atoms with Crippen LogP contribution in [0.4, 0.5) is 0 Å². The number of carbonyl (C=O) groups is 2. The van der Waals surface area contributed by atoms with E-state index in [1.807, 2.05) is 13.0 Å². The van der Waals surface area contributed by atoms with Gasteiger partial charge in [0, 0.05) is 13.3 Å². The Hall–Kier alpha value is -2.06. The minimum Gasteiger partial charge on any atom is -0.460 e. The van der Waals surface area contributed by atoms with Crippen LogP contribution in [0, 0.1) is 33.5 Å². The van der Waals surface area contributed by atoms with E-state index in [2.05, 4.69) is 20.8 Å². The molecular weight excluding hydrogens is 772 g/mol. The molecule has 59 heavy (non-hydrogen) atoms. The molecule has 18 atom stereocenters. The predicted molar refractivity (Wildman–Crippen MR) is 206 cm³/mol. The Morgan fingerprint density at radius 3 is 2.25 bits per heavy atom. The molecule has 7 rings (SSSR count). The quantitative estimate of drug-likeness (QED) is 0.0913. The standard InChI is InChI=1S/C43H66O16/c1-21(45)58-37(2,3)13-9-14-41(8)42(53)17-16-40(7)22-10-11-26-38(4,5)28(12-15-39(26,6)23(22)18-27(47)43(40,42)36(52)59-41)56-35-32(51)30(49)33(25(19-44)55-35)57-34-31(50)29(48)24(46)20-54-34/h9,14,18,22,24-35,44,46-51,53H,10-13,15-17,19-20H2,1-8H3/b14-9+/t22-,24+,25-,26+,27-,28+,29-,30-,31+,32-,33+,34-,35-,39-,40+,41+,42-,43+/m1/s1. The number of aliphatic hydroxyl groups is 8. The van der Waals surface area contributed by atoms with Crippen LogP contribution in [0.5, 0.6) is 0 Å². The maximum Gasteiger partial charge on any atom is 0.319 e. The van der Waals surface area contributed by atoms with Crippen molar-refractivity contribution in [3.63, 3.8) is 0 Å². The van der Waals surface area contributed by atoms with Crippen LogP contribution in [0.3, 0.4) is 0 Å². The third kappa shape index (κ3) is 6.52. The summed E-state index contributed by atoms with van der Waals surface area (Å²) >= 11 is 0. The Morgan fingerprint density at radius 2 is 1.59 bits per heavy atom. The van der Waals surface area contributed by atoms with E-state index >= 15 is 0 Å². The van der Waals surface area contributed by atoms with E-state index in [1.165, 1.54) is 6.92 Å². The highest BCUT2D eigenvalue weighted by Gasteiger charge is 2.85. The molecule has 3 heterocycles. The summed E-state index contributed by atoms with van der Waals surface area (Å²) in [5.41, 5.74) is -6.40. The van der Waals surface area contributed by atoms with Crippen molar-refractivity contribution in [1.29, 1.82) is 0 Å². The van der Waals surface area contributed by atoms with Gasteiger partial charge in [0.15, 0.2) is 18.2 Å². The van der Waals surface area contributed by atoms with Gasteiger partial charge in [-0.05, 0) is 93.5 Å². The first-order chi connectivity index (χ1) is 27.3. The predicted octanol–water partition coefficient (Wildman–Crippen LogP) is 0.909. The van der Waals surface area contributed by atoms with Crippen LogP contribution in [-0.2, 0) is 38.0 Å². The summed E-state index contributed by atoms with van der Waals surface area (Å²) in [5.74, 6) is -1.18. The Balaban J connectivity index is 1.10. The number of aliphatic hydroxyl groups excluding tert-OH is 7. The third-order valence-electron chi connectivity index (χ3n) is 16.1. The van der Waals surface area contributed by atoms with Gasteiger partial charge in [0.25, 0.3) is 0 Å². The molecule has 0 unspecified atom stereocenters. The first-order valence-electron chi connectivity index (χ1n) is 21.2. The smallest absolute Gasteiger partial charge is 0.319 e. The zero-order valence-electron chi connectivity index (χ0n) is 35.4. The number of carbonyl (C=O) groups excluding carboxylic acids is 2. The van der Waals surface area contributed by atoms with Crippen molar-refractivity contribution in [2.75, 3.05) is 13.2 Å². The van der Waals surface area contributed by atoms with Crippen LogP contribution in [0.15, 0.2) is 23.8 Å². The van der Waals surface area contributed by atoms with E-state index < -0.39 is 125 Å². The average molecular weight is 839 g/mol. The van der Waals surface area contributed by atoms with E-state index in [4.69, 9.17) is 28.4 Å². The number of hydrogen-bond donors (Lipinski definition) is 8. The number of esters is 2. The maximum absolute atomic E-state index is 14.4. The molecule has 16 heteroatoms. The molecule has 0 aromatic rings. The molecule has 0 amide bonds. The summed E-state index contributed by atoms with van der Waals surface area (Å²) in [5, 5.41) is 88.2. The fourth-order valence-electron chi connectivity index (χ4n) is 13.0. The van der Waals surface area contributed by atoms with E-state index in [-0.39, 0.29) is 24.9 Å². The van der Waals surface area contributed by atoms with Crippen molar-refractivity contribution < 1.29 is 78.9 Å². The highest BCUT2D eigenvalue weighted by molar-refractivity contribution is 5.87. The maximum atomic E-state index is 14.4. The summed E-state index contributed by atoms with van der Waals surface area (Å²) in [6.45, 7) is 14.0. The molecule has 0 aromatic heterocycles. The number of fused-ring (bicyclic) bond motifs is 4. The lowest BCUT2D eigenvalue weighted by atomic mass is 9.40. The normalized spacial score (nSPS) is 50.6. The van der Waals surface area contributed by atoms with Crippen molar-refractivity contribution in [3.05, 3.63) is 23.8 Å². The zero-order valence-corrected chi connectivity index (χ0v) is 35.4. The Kier molecular flexibility index (Phi) is 11.5. The average Bonchev–Trinajstić information content (AvgIpc) is 3.51. The lowest BCUT2D eigenvalue weighted by molar-refractivity contribution is -0.359. The zero-order chi connectivity index (χ0) is 43.5. The van der Waals surface area contributed by atoms with E-state index in [0.717, 1.165) is 12.0 Å². The van der Waals surface area contributed by atoms with Crippen LogP contribution < -0.4 is 0 Å². The first kappa shape index (κ1) is 45.0. The Labute approximate surface area is 345 Å². The Bertz CT molecular complexity index is 1700. The second kappa shape index (κ2) is 15.0. The van der Waals surface area contributed by atoms with E-state index in [1.54, 1.807) is 32.9 Å². The number of hydrogen-bond acceptors (Lipinski definition) is 16. The molecule has 6 fully saturated rings. The SMILES string of the molecule is CC(=O)OC(C)(C)C/C=C/[C@]1(C)OC(=O)[C@@]23[C@H](O)C=C4[C@@H](CC[C@H]5C(C)(C)[C@@H](O[C@H]6O[C@H](CO)[C@H](O[C@H]7OC[C@H](O)[C@@H](O)[C@@H]7O)[C@H](O)[C@H]6O)CC[C@]45C)[C@]2(C)CC[C@]31O. The van der Waals surface area contributed by atoms with E-state index in [9.17, 15) is 50.4 Å². The number of allylic oxidation sites excluding steroid dienone is 1. The first-order valence-corrected chi connectivity index (χ1v) is 21.2. The van der Waals surface area contributed by atoms with Gasteiger partial charge in [0.2, 0.25) is 0 Å². The number of rotatable bonds is 9. The van der Waals surface area contributed by atoms with Crippen molar-refractivity contribution in [1.82, 2.24) is 0 Å². The highest BCUT2D eigenvalue weighted by Crippen LogP contribution is 2.77. The van der Waals surface area contributed by atoms with Gasteiger partial charge in [-0.15, -0.1) is 0 Å². The summed E-state index contributed by atoms with van der Waals surface area (Å²) in [4.78, 5) is 26.0. The van der Waals surface area contributed by atoms with E-state index in [0.29, 0.717) is 32.1 Å². The molecule has 3 saturated heterocycles. The fourth-order valence-corrected chi connectivity index (χ4v) is 13.0. The van der Waals surface area contributed by atoms with Gasteiger partial charge in [0.05, 0.1) is 25.4 Å². The van der Waals surface area contributed by atoms with Crippen LogP contribution in [-0.4, -0.2) is 150 Å².